The van der Waals surface area contributed by atoms with Crippen LogP contribution in [-0.2, 0) is 10.0 Å². The van der Waals surface area contributed by atoms with Gasteiger partial charge in [0.25, 0.3) is 0 Å². The molecule has 3 N–H and O–H groups in total. The topological polar surface area (TPSA) is 109 Å². The van der Waals surface area contributed by atoms with Gasteiger partial charge in [0.2, 0.25) is 10.0 Å². The molecule has 8 nitrogen and oxygen atoms in total. The van der Waals surface area contributed by atoms with Crippen LogP contribution in [-0.4, -0.2) is 36.5 Å². The van der Waals surface area contributed by atoms with E-state index in [-0.39, 0.29) is 11.4 Å². The van der Waals surface area contributed by atoms with Crippen molar-refractivity contribution < 1.29 is 8.42 Å². The highest BCUT2D eigenvalue weighted by atomic mass is 35.5. The van der Waals surface area contributed by atoms with Gasteiger partial charge < -0.3 is 10.6 Å². The molecular weight excluding hydrogens is 412 g/mol. The summed E-state index contributed by atoms with van der Waals surface area (Å²) in [5, 5.41) is 6.55. The van der Waals surface area contributed by atoms with Crippen LogP contribution in [0.4, 0.5) is 17.5 Å². The number of hydrogen-bond acceptors (Lipinski definition) is 7. The minimum absolute atomic E-state index is 0.171. The smallest absolute Gasteiger partial charge is 0.240 e. The van der Waals surface area contributed by atoms with Gasteiger partial charge >= 0.3 is 0 Å². The Kier molecular flexibility index (Phi) is 6.63. The highest BCUT2D eigenvalue weighted by Crippen LogP contribution is 2.20. The molecule has 152 valence electrons. The van der Waals surface area contributed by atoms with E-state index in [0.29, 0.717) is 34.6 Å². The molecule has 3 aromatic rings. The van der Waals surface area contributed by atoms with Crippen molar-refractivity contribution in [3.63, 3.8) is 0 Å². The van der Waals surface area contributed by atoms with Crippen LogP contribution in [0.3, 0.4) is 0 Å². The molecule has 0 aliphatic heterocycles. The zero-order valence-corrected chi connectivity index (χ0v) is 17.5. The van der Waals surface area contributed by atoms with Crippen molar-refractivity contribution in [1.82, 2.24) is 19.7 Å². The van der Waals surface area contributed by atoms with Gasteiger partial charge in [-0.15, -0.1) is 0 Å². The molecule has 0 saturated heterocycles. The summed E-state index contributed by atoms with van der Waals surface area (Å²) in [6.45, 7) is 4.23. The van der Waals surface area contributed by atoms with Crippen LogP contribution in [0.1, 0.15) is 11.1 Å². The molecule has 0 atom stereocenters. The molecule has 10 heteroatoms. The van der Waals surface area contributed by atoms with Crippen LogP contribution in [0, 0.1) is 13.8 Å². The number of anilines is 3. The Labute approximate surface area is 174 Å². The second kappa shape index (κ2) is 9.17. The number of sulfonamides is 1. The van der Waals surface area contributed by atoms with Gasteiger partial charge in [0, 0.05) is 30.4 Å². The van der Waals surface area contributed by atoms with Gasteiger partial charge in [-0.25, -0.2) is 28.1 Å². The van der Waals surface area contributed by atoms with Gasteiger partial charge in [0.1, 0.15) is 23.8 Å². The average Bonchev–Trinajstić information content (AvgIpc) is 2.67. The van der Waals surface area contributed by atoms with Crippen molar-refractivity contribution >= 4 is 39.1 Å². The van der Waals surface area contributed by atoms with Crippen molar-refractivity contribution in [2.45, 2.75) is 18.7 Å². The first kappa shape index (κ1) is 21.0. The third-order valence-electron chi connectivity index (χ3n) is 4.00. The van der Waals surface area contributed by atoms with Gasteiger partial charge in [0.05, 0.1) is 4.90 Å². The van der Waals surface area contributed by atoms with E-state index in [0.717, 1.165) is 5.56 Å². The fourth-order valence-corrected chi connectivity index (χ4v) is 4.11. The number of benzene rings is 1. The Morgan fingerprint density at radius 1 is 0.931 bits per heavy atom. The lowest BCUT2D eigenvalue weighted by Gasteiger charge is -2.11. The SMILES string of the molecule is Cc1ccnc(Nc2cc(NCCNS(=O)(=O)c3cc(Cl)ccc3C)ncn2)c1. The quantitative estimate of drug-likeness (QED) is 0.468. The molecule has 0 unspecified atom stereocenters. The Morgan fingerprint density at radius 2 is 1.69 bits per heavy atom. The summed E-state index contributed by atoms with van der Waals surface area (Å²) in [6.07, 6.45) is 3.13. The van der Waals surface area contributed by atoms with Crippen LogP contribution in [0.5, 0.6) is 0 Å². The number of aryl methyl sites for hydroxylation is 2. The fourth-order valence-electron chi connectivity index (χ4n) is 2.58. The minimum atomic E-state index is -3.65. The van der Waals surface area contributed by atoms with E-state index in [2.05, 4.69) is 30.3 Å². The molecule has 0 aliphatic carbocycles. The summed E-state index contributed by atoms with van der Waals surface area (Å²) in [5.41, 5.74) is 1.71. The van der Waals surface area contributed by atoms with Crippen LogP contribution in [0.15, 0.2) is 53.8 Å². The second-order valence-corrected chi connectivity index (χ2v) is 8.54. The molecule has 0 spiro atoms. The number of nitrogens with zero attached hydrogens (tertiary/aromatic N) is 3. The second-order valence-electron chi connectivity index (χ2n) is 6.37. The van der Waals surface area contributed by atoms with Gasteiger partial charge in [-0.05, 0) is 49.2 Å². The lowest BCUT2D eigenvalue weighted by molar-refractivity contribution is 0.582. The molecule has 1 aromatic carbocycles. The Morgan fingerprint density at radius 3 is 2.48 bits per heavy atom. The maximum Gasteiger partial charge on any atom is 0.240 e. The number of hydrogen-bond donors (Lipinski definition) is 3. The third-order valence-corrected chi connectivity index (χ3v) is 5.84. The molecule has 0 radical (unpaired) electrons. The zero-order valence-electron chi connectivity index (χ0n) is 16.0. The Hall–Kier alpha value is -2.75. The molecule has 2 aromatic heterocycles. The zero-order chi connectivity index (χ0) is 20.9. The largest absolute Gasteiger partial charge is 0.369 e. The standard InChI is InChI=1S/C19H21ClN6O2S/c1-13-5-6-21-18(9-13)26-19-11-17(23-12-24-19)22-7-8-25-29(27,28)16-10-15(20)4-3-14(16)2/h3-6,9-12,25H,7-8H2,1-2H3,(H2,21,22,23,24,26). The number of pyridine rings is 1. The molecular formula is C19H21ClN6O2S. The predicted octanol–water partition coefficient (Wildman–Crippen LogP) is 3.28. The van der Waals surface area contributed by atoms with Crippen LogP contribution in [0.25, 0.3) is 0 Å². The Balaban J connectivity index is 1.56. The van der Waals surface area contributed by atoms with Crippen LogP contribution < -0.4 is 15.4 Å². The van der Waals surface area contributed by atoms with Crippen molar-refractivity contribution in [3.8, 4) is 0 Å². The lowest BCUT2D eigenvalue weighted by atomic mass is 10.2. The molecule has 3 rings (SSSR count). The molecule has 0 aliphatic rings. The van der Waals surface area contributed by atoms with E-state index in [1.807, 2.05) is 19.1 Å². The minimum Gasteiger partial charge on any atom is -0.369 e. The Bertz CT molecular complexity index is 1110. The van der Waals surface area contributed by atoms with Gasteiger partial charge in [0.15, 0.2) is 0 Å². The van der Waals surface area contributed by atoms with Crippen molar-refractivity contribution in [2.75, 3.05) is 23.7 Å². The molecule has 29 heavy (non-hydrogen) atoms. The monoisotopic (exact) mass is 432 g/mol. The summed E-state index contributed by atoms with van der Waals surface area (Å²) in [6, 6.07) is 10.3. The third kappa shape index (κ3) is 5.86. The maximum absolute atomic E-state index is 12.5. The highest BCUT2D eigenvalue weighted by molar-refractivity contribution is 7.89. The van der Waals surface area contributed by atoms with Crippen LogP contribution >= 0.6 is 11.6 Å². The number of aromatic nitrogens is 3. The van der Waals surface area contributed by atoms with Gasteiger partial charge in [-0.1, -0.05) is 17.7 Å². The van der Waals surface area contributed by atoms with E-state index in [9.17, 15) is 8.42 Å². The highest BCUT2D eigenvalue weighted by Gasteiger charge is 2.16. The fraction of sp³-hybridized carbons (Fsp3) is 0.211. The first-order valence-corrected chi connectivity index (χ1v) is 10.7. The van der Waals surface area contributed by atoms with Gasteiger partial charge in [-0.3, -0.25) is 0 Å². The van der Waals surface area contributed by atoms with Crippen LogP contribution in [0.2, 0.25) is 5.02 Å². The lowest BCUT2D eigenvalue weighted by Crippen LogP contribution is -2.29. The molecule has 0 amide bonds. The van der Waals surface area contributed by atoms with E-state index in [1.165, 1.54) is 12.4 Å². The van der Waals surface area contributed by atoms with E-state index in [1.54, 1.807) is 31.3 Å². The first-order chi connectivity index (χ1) is 13.8. The van der Waals surface area contributed by atoms with Crippen molar-refractivity contribution in [3.05, 3.63) is 65.1 Å². The predicted molar refractivity (Wildman–Crippen MR) is 114 cm³/mol. The summed E-state index contributed by atoms with van der Waals surface area (Å²) < 4.78 is 27.5. The van der Waals surface area contributed by atoms with E-state index in [4.69, 9.17) is 11.6 Å². The normalized spacial score (nSPS) is 11.3. The van der Waals surface area contributed by atoms with Crippen molar-refractivity contribution in [1.29, 1.82) is 0 Å². The molecule has 0 fully saturated rings. The summed E-state index contributed by atoms with van der Waals surface area (Å²) in [4.78, 5) is 12.7. The number of halogens is 1. The first-order valence-electron chi connectivity index (χ1n) is 8.85. The maximum atomic E-state index is 12.5. The summed E-state index contributed by atoms with van der Waals surface area (Å²) in [7, 11) is -3.65. The number of rotatable bonds is 8. The van der Waals surface area contributed by atoms with E-state index >= 15 is 0 Å². The summed E-state index contributed by atoms with van der Waals surface area (Å²) >= 11 is 5.92. The number of nitrogens with one attached hydrogen (secondary N) is 3. The average molecular weight is 433 g/mol. The molecule has 0 saturated carbocycles. The van der Waals surface area contributed by atoms with Crippen molar-refractivity contribution in [2.24, 2.45) is 0 Å². The van der Waals surface area contributed by atoms with E-state index < -0.39 is 10.0 Å². The molecule has 2 heterocycles. The molecule has 0 bridgehead atoms. The summed E-state index contributed by atoms with van der Waals surface area (Å²) in [5.74, 6) is 1.82. The van der Waals surface area contributed by atoms with Gasteiger partial charge in [-0.2, -0.15) is 0 Å².